The van der Waals surface area contributed by atoms with Crippen molar-refractivity contribution in [3.63, 3.8) is 0 Å². The lowest BCUT2D eigenvalue weighted by Gasteiger charge is -2.13. The zero-order valence-corrected chi connectivity index (χ0v) is 13.4. The van der Waals surface area contributed by atoms with Gasteiger partial charge in [-0.25, -0.2) is 4.79 Å². The molecule has 1 aliphatic heterocycles. The van der Waals surface area contributed by atoms with Gasteiger partial charge in [0.1, 0.15) is 17.0 Å². The fourth-order valence-electron chi connectivity index (χ4n) is 1.50. The van der Waals surface area contributed by atoms with E-state index in [2.05, 4.69) is 15.2 Å². The fraction of sp³-hybridized carbons (Fsp3) is 0.273. The summed E-state index contributed by atoms with van der Waals surface area (Å²) in [6.07, 6.45) is 1.55. The zero-order chi connectivity index (χ0) is 14.0. The van der Waals surface area contributed by atoms with Crippen LogP contribution < -0.4 is 0 Å². The molecule has 1 aromatic heterocycles. The van der Waals surface area contributed by atoms with E-state index in [1.54, 1.807) is 25.3 Å². The van der Waals surface area contributed by atoms with Crippen LogP contribution in [0, 0.1) is 0 Å². The van der Waals surface area contributed by atoms with Crippen LogP contribution in [0.4, 0.5) is 0 Å². The number of hydrogen-bond acceptors (Lipinski definition) is 5. The SMILES string of the molecule is CCOC(=O)C1=C(c2ncccc2Cl)N=NC1(Cl)I. The van der Waals surface area contributed by atoms with Crippen LogP contribution in [0.1, 0.15) is 12.6 Å². The summed E-state index contributed by atoms with van der Waals surface area (Å²) in [5.41, 5.74) is 0.737. The fourth-order valence-corrected chi connectivity index (χ4v) is 2.50. The van der Waals surface area contributed by atoms with E-state index >= 15 is 0 Å². The third-order valence-electron chi connectivity index (χ3n) is 2.28. The Morgan fingerprint density at radius 3 is 2.95 bits per heavy atom. The lowest BCUT2D eigenvalue weighted by Crippen LogP contribution is -2.20. The minimum Gasteiger partial charge on any atom is -0.462 e. The number of carbonyl (C=O) groups is 1. The molecule has 0 saturated carbocycles. The summed E-state index contributed by atoms with van der Waals surface area (Å²) in [4.78, 5) is 16.1. The topological polar surface area (TPSA) is 63.9 Å². The molecular weight excluding hydrogens is 404 g/mol. The van der Waals surface area contributed by atoms with Crippen molar-refractivity contribution in [3.8, 4) is 0 Å². The number of rotatable bonds is 3. The molecule has 0 fully saturated rings. The summed E-state index contributed by atoms with van der Waals surface area (Å²) in [6, 6.07) is 3.33. The van der Waals surface area contributed by atoms with Gasteiger partial charge in [-0.1, -0.05) is 23.2 Å². The quantitative estimate of drug-likeness (QED) is 0.329. The minimum absolute atomic E-state index is 0.136. The maximum Gasteiger partial charge on any atom is 0.341 e. The molecule has 2 heterocycles. The van der Waals surface area contributed by atoms with Gasteiger partial charge in [-0.2, -0.15) is 0 Å². The number of alkyl halides is 2. The average molecular weight is 412 g/mol. The van der Waals surface area contributed by atoms with Crippen LogP contribution in [0.15, 0.2) is 34.1 Å². The first-order valence-electron chi connectivity index (χ1n) is 5.31. The first-order chi connectivity index (χ1) is 8.97. The highest BCUT2D eigenvalue weighted by Crippen LogP contribution is 2.46. The van der Waals surface area contributed by atoms with Gasteiger partial charge in [0.15, 0.2) is 0 Å². The molecule has 0 radical (unpaired) electrons. The van der Waals surface area contributed by atoms with E-state index in [4.69, 9.17) is 27.9 Å². The second kappa shape index (κ2) is 5.72. The average Bonchev–Trinajstić information content (AvgIpc) is 2.66. The van der Waals surface area contributed by atoms with Crippen LogP contribution in [-0.2, 0) is 9.53 Å². The molecule has 0 bridgehead atoms. The first-order valence-corrected chi connectivity index (χ1v) is 7.14. The molecule has 19 heavy (non-hydrogen) atoms. The summed E-state index contributed by atoms with van der Waals surface area (Å²) in [5.74, 6) is -0.575. The van der Waals surface area contributed by atoms with Crippen molar-refractivity contribution >= 4 is 57.5 Å². The maximum absolute atomic E-state index is 12.0. The van der Waals surface area contributed by atoms with E-state index in [-0.39, 0.29) is 17.9 Å². The van der Waals surface area contributed by atoms with Gasteiger partial charge < -0.3 is 4.74 Å². The Hall–Kier alpha value is -0.730. The molecule has 1 atom stereocenters. The maximum atomic E-state index is 12.0. The van der Waals surface area contributed by atoms with Gasteiger partial charge >= 0.3 is 5.97 Å². The van der Waals surface area contributed by atoms with E-state index in [0.29, 0.717) is 10.7 Å². The molecular formula is C11H8Cl2IN3O2. The summed E-state index contributed by atoms with van der Waals surface area (Å²) < 4.78 is 3.68. The highest BCUT2D eigenvalue weighted by atomic mass is 127. The molecule has 0 amide bonds. The third-order valence-corrected chi connectivity index (χ3v) is 3.60. The van der Waals surface area contributed by atoms with E-state index in [1.807, 2.05) is 22.6 Å². The Morgan fingerprint density at radius 2 is 2.32 bits per heavy atom. The Labute approximate surface area is 133 Å². The van der Waals surface area contributed by atoms with Gasteiger partial charge in [0.2, 0.25) is 3.00 Å². The zero-order valence-electron chi connectivity index (χ0n) is 9.73. The molecule has 0 aromatic carbocycles. The monoisotopic (exact) mass is 411 g/mol. The van der Waals surface area contributed by atoms with E-state index in [1.165, 1.54) is 0 Å². The summed E-state index contributed by atoms with van der Waals surface area (Å²) in [6.45, 7) is 1.94. The Balaban J connectivity index is 2.57. The van der Waals surface area contributed by atoms with Crippen molar-refractivity contribution in [1.82, 2.24) is 4.98 Å². The van der Waals surface area contributed by atoms with E-state index in [9.17, 15) is 4.79 Å². The Kier molecular flexibility index (Phi) is 4.42. The Bertz CT molecular complexity index is 587. The lowest BCUT2D eigenvalue weighted by atomic mass is 10.1. The smallest absolute Gasteiger partial charge is 0.341 e. The number of carbonyl (C=O) groups excluding carboxylic acids is 1. The first kappa shape index (κ1) is 14.7. The van der Waals surface area contributed by atoms with Crippen molar-refractivity contribution in [3.05, 3.63) is 34.6 Å². The predicted octanol–water partition coefficient (Wildman–Crippen LogP) is 3.80. The van der Waals surface area contributed by atoms with Gasteiger partial charge in [-0.3, -0.25) is 4.98 Å². The number of pyridine rings is 1. The number of esters is 1. The predicted molar refractivity (Wildman–Crippen MR) is 80.3 cm³/mol. The van der Waals surface area contributed by atoms with Crippen LogP contribution in [0.3, 0.4) is 0 Å². The number of ether oxygens (including phenoxy) is 1. The lowest BCUT2D eigenvalue weighted by molar-refractivity contribution is -0.138. The third kappa shape index (κ3) is 2.90. The van der Waals surface area contributed by atoms with Crippen LogP contribution in [0.2, 0.25) is 5.02 Å². The second-order valence-corrected chi connectivity index (χ2v) is 6.67. The van der Waals surface area contributed by atoms with Crippen LogP contribution in [0.5, 0.6) is 0 Å². The highest BCUT2D eigenvalue weighted by molar-refractivity contribution is 14.1. The molecule has 0 N–H and O–H groups in total. The second-order valence-electron chi connectivity index (χ2n) is 3.52. The van der Waals surface area contributed by atoms with Crippen LogP contribution >= 0.6 is 45.8 Å². The summed E-state index contributed by atoms with van der Waals surface area (Å²) in [5, 5.41) is 8.14. The van der Waals surface area contributed by atoms with Gasteiger partial charge in [0, 0.05) is 6.20 Å². The molecule has 1 unspecified atom stereocenters. The normalized spacial score (nSPS) is 21.9. The molecule has 100 valence electrons. The van der Waals surface area contributed by atoms with Gasteiger partial charge in [-0.15, -0.1) is 10.2 Å². The van der Waals surface area contributed by atoms with E-state index < -0.39 is 8.97 Å². The molecule has 0 spiro atoms. The molecule has 0 saturated heterocycles. The van der Waals surface area contributed by atoms with Crippen molar-refractivity contribution in [2.24, 2.45) is 10.2 Å². The van der Waals surface area contributed by atoms with Gasteiger partial charge in [0.05, 0.1) is 11.6 Å². The molecule has 8 heteroatoms. The number of halogens is 3. The number of hydrogen-bond donors (Lipinski definition) is 0. The largest absolute Gasteiger partial charge is 0.462 e. The van der Waals surface area contributed by atoms with Crippen molar-refractivity contribution in [2.75, 3.05) is 6.61 Å². The number of aromatic nitrogens is 1. The standard InChI is InChI=1S/C11H8Cl2IN3O2/c1-2-19-10(18)7-9(16-17-11(7,13)14)8-6(12)4-3-5-15-8/h3-5H,2H2,1H3. The minimum atomic E-state index is -1.29. The molecule has 2 rings (SSSR count). The highest BCUT2D eigenvalue weighted by Gasteiger charge is 2.43. The van der Waals surface area contributed by atoms with Crippen molar-refractivity contribution in [2.45, 2.75) is 9.93 Å². The van der Waals surface area contributed by atoms with Crippen LogP contribution in [0.25, 0.3) is 5.70 Å². The Morgan fingerprint density at radius 1 is 1.58 bits per heavy atom. The molecule has 1 aromatic rings. The van der Waals surface area contributed by atoms with Gasteiger partial charge in [0.25, 0.3) is 0 Å². The van der Waals surface area contributed by atoms with E-state index in [0.717, 1.165) is 0 Å². The van der Waals surface area contributed by atoms with Crippen LogP contribution in [-0.4, -0.2) is 20.6 Å². The van der Waals surface area contributed by atoms with Crippen molar-refractivity contribution in [1.29, 1.82) is 0 Å². The van der Waals surface area contributed by atoms with Gasteiger partial charge in [-0.05, 0) is 41.6 Å². The number of nitrogens with zero attached hydrogens (tertiary/aromatic N) is 3. The summed E-state index contributed by atoms with van der Waals surface area (Å²) >= 11 is 14.0. The number of azo groups is 1. The molecule has 1 aliphatic rings. The summed E-state index contributed by atoms with van der Waals surface area (Å²) in [7, 11) is 0. The van der Waals surface area contributed by atoms with Crippen molar-refractivity contribution < 1.29 is 9.53 Å². The molecule has 5 nitrogen and oxygen atoms in total. The molecule has 0 aliphatic carbocycles.